The normalized spacial score (nSPS) is 14.2. The van der Waals surface area contributed by atoms with E-state index >= 15 is 0 Å². The molecule has 3 nitrogen and oxygen atoms in total. The molecule has 0 aliphatic carbocycles. The number of hydrogen-bond donors (Lipinski definition) is 1. The first-order valence-corrected chi connectivity index (χ1v) is 3.32. The molecule has 0 rings (SSSR count). The van der Waals surface area contributed by atoms with Gasteiger partial charge in [0.1, 0.15) is 6.35 Å². The summed E-state index contributed by atoms with van der Waals surface area (Å²) in [5, 5.41) is 8.33. The van der Waals surface area contributed by atoms with Gasteiger partial charge in [0.2, 0.25) is 0 Å². The molecule has 8 heavy (non-hydrogen) atoms. The minimum Gasteiger partial charge on any atom is -0.394 e. The molecule has 0 aromatic heterocycles. The Morgan fingerprint density at radius 2 is 2.50 bits per heavy atom. The lowest BCUT2D eigenvalue weighted by Crippen LogP contribution is -2.11. The zero-order chi connectivity index (χ0) is 6.41. The van der Waals surface area contributed by atoms with E-state index in [1.54, 1.807) is 6.92 Å². The number of rotatable bonds is 4. The van der Waals surface area contributed by atoms with Crippen molar-refractivity contribution >= 4 is 8.46 Å². The largest absolute Gasteiger partial charge is 0.394 e. The summed E-state index contributed by atoms with van der Waals surface area (Å²) in [6, 6.07) is 0. The van der Waals surface area contributed by atoms with Crippen LogP contribution in [0.15, 0.2) is 0 Å². The van der Waals surface area contributed by atoms with Crippen LogP contribution in [-0.4, -0.2) is 24.2 Å². The Morgan fingerprint density at radius 1 is 1.88 bits per heavy atom. The lowest BCUT2D eigenvalue weighted by atomic mass is 10.4. The van der Waals surface area contributed by atoms with Crippen LogP contribution in [0.25, 0.3) is 0 Å². The van der Waals surface area contributed by atoms with Crippen molar-refractivity contribution in [3.63, 3.8) is 0 Å². The van der Waals surface area contributed by atoms with E-state index in [2.05, 4.69) is 0 Å². The van der Waals surface area contributed by atoms with Crippen molar-refractivity contribution in [2.75, 3.05) is 13.0 Å². The van der Waals surface area contributed by atoms with E-state index in [-0.39, 0.29) is 27.5 Å². The van der Waals surface area contributed by atoms with Gasteiger partial charge in [-0.3, -0.25) is 4.57 Å². The summed E-state index contributed by atoms with van der Waals surface area (Å²) >= 11 is 0. The molecule has 48 valence electrons. The molecule has 0 aliphatic heterocycles. The highest BCUT2D eigenvalue weighted by Gasteiger charge is 1.95. The van der Waals surface area contributed by atoms with Crippen LogP contribution in [0.4, 0.5) is 0 Å². The summed E-state index contributed by atoms with van der Waals surface area (Å²) in [6.07, 6.45) is -0.0294. The van der Waals surface area contributed by atoms with Gasteiger partial charge in [0.25, 0.3) is 0 Å². The van der Waals surface area contributed by atoms with Crippen molar-refractivity contribution in [2.45, 2.75) is 13.0 Å². The summed E-state index contributed by atoms with van der Waals surface area (Å²) in [7, 11) is -0.0339. The molecule has 0 spiro atoms. The third-order valence-corrected chi connectivity index (χ3v) is 0.923. The van der Waals surface area contributed by atoms with E-state index in [1.807, 2.05) is 0 Å². The van der Waals surface area contributed by atoms with E-state index in [4.69, 9.17) is 9.84 Å². The average Bonchev–Trinajstić information content (AvgIpc) is 1.83. The minimum atomic E-state index is -0.198. The summed E-state index contributed by atoms with van der Waals surface area (Å²) in [5.41, 5.74) is 0. The molecule has 0 aliphatic rings. The van der Waals surface area contributed by atoms with Gasteiger partial charge in [0.15, 0.2) is 8.46 Å². The van der Waals surface area contributed by atoms with Crippen molar-refractivity contribution in [3.05, 3.63) is 0 Å². The van der Waals surface area contributed by atoms with E-state index in [9.17, 15) is 4.57 Å². The molecule has 1 N–H and O–H groups in total. The fraction of sp³-hybridized carbons (Fsp3) is 1.00. The maximum absolute atomic E-state index is 9.72. The van der Waals surface area contributed by atoms with Gasteiger partial charge in [0.05, 0.1) is 12.7 Å². The quantitative estimate of drug-likeness (QED) is 0.576. The zero-order valence-corrected chi connectivity index (χ0v) is 5.60. The third-order valence-electron chi connectivity index (χ3n) is 0.669. The highest BCUT2D eigenvalue weighted by molar-refractivity contribution is 7.23. The summed E-state index contributed by atoms with van der Waals surface area (Å²) < 4.78 is 14.5. The fourth-order valence-corrected chi connectivity index (χ4v) is 0.526. The van der Waals surface area contributed by atoms with Crippen LogP contribution in [0.2, 0.25) is 0 Å². The average molecular weight is 136 g/mol. The standard InChI is InChI=1S/C4H9O3P/c1-4(2-5)7-3-8-6/h4-5H,2-3H2,1H3. The Bertz CT molecular complexity index is 66.3. The number of aliphatic hydroxyl groups is 1. The SMILES string of the molecule is CC(CO)OCP=O. The fourth-order valence-electron chi connectivity index (χ4n) is 0.210. The molecular weight excluding hydrogens is 127 g/mol. The van der Waals surface area contributed by atoms with Gasteiger partial charge in [-0.15, -0.1) is 0 Å². The van der Waals surface area contributed by atoms with Crippen LogP contribution in [-0.2, 0) is 9.30 Å². The Hall–Kier alpha value is 0.0200. The lowest BCUT2D eigenvalue weighted by molar-refractivity contribution is 0.0515. The Morgan fingerprint density at radius 3 is 2.88 bits per heavy atom. The molecule has 0 aromatic carbocycles. The number of ether oxygens (including phenoxy) is 1. The lowest BCUT2D eigenvalue weighted by Gasteiger charge is -2.03. The molecule has 0 aromatic rings. The molecule has 0 heterocycles. The Labute approximate surface area is 49.9 Å². The van der Waals surface area contributed by atoms with Crippen LogP contribution < -0.4 is 0 Å². The second-order valence-electron chi connectivity index (χ2n) is 1.42. The van der Waals surface area contributed by atoms with Crippen LogP contribution in [0.1, 0.15) is 6.92 Å². The first-order valence-electron chi connectivity index (χ1n) is 2.33. The smallest absolute Gasteiger partial charge is 0.183 e. The van der Waals surface area contributed by atoms with E-state index < -0.39 is 0 Å². The van der Waals surface area contributed by atoms with Crippen molar-refractivity contribution in [3.8, 4) is 0 Å². The molecule has 0 amide bonds. The van der Waals surface area contributed by atoms with Crippen LogP contribution in [0, 0.1) is 0 Å². The first-order chi connectivity index (χ1) is 3.81. The van der Waals surface area contributed by atoms with Crippen molar-refractivity contribution in [2.24, 2.45) is 0 Å². The maximum Gasteiger partial charge on any atom is 0.183 e. The van der Waals surface area contributed by atoms with Crippen molar-refractivity contribution < 1.29 is 14.4 Å². The molecule has 1 unspecified atom stereocenters. The third kappa shape index (κ3) is 4.19. The van der Waals surface area contributed by atoms with E-state index in [0.717, 1.165) is 0 Å². The maximum atomic E-state index is 9.72. The van der Waals surface area contributed by atoms with Crippen LogP contribution in [0.5, 0.6) is 0 Å². The van der Waals surface area contributed by atoms with Crippen LogP contribution >= 0.6 is 8.46 Å². The van der Waals surface area contributed by atoms with Gasteiger partial charge in [-0.1, -0.05) is 0 Å². The van der Waals surface area contributed by atoms with Gasteiger partial charge in [-0.2, -0.15) is 0 Å². The summed E-state index contributed by atoms with van der Waals surface area (Å²) in [6.45, 7) is 1.70. The molecule has 0 saturated carbocycles. The van der Waals surface area contributed by atoms with Gasteiger partial charge < -0.3 is 9.84 Å². The predicted molar refractivity (Wildman–Crippen MR) is 30.1 cm³/mol. The van der Waals surface area contributed by atoms with Gasteiger partial charge >= 0.3 is 0 Å². The Kier molecular flexibility index (Phi) is 5.18. The molecule has 4 heteroatoms. The van der Waals surface area contributed by atoms with Gasteiger partial charge in [-0.25, -0.2) is 0 Å². The van der Waals surface area contributed by atoms with E-state index in [1.165, 1.54) is 0 Å². The second-order valence-corrected chi connectivity index (χ2v) is 1.93. The predicted octanol–water partition coefficient (Wildman–Crippen LogP) is 0.633. The van der Waals surface area contributed by atoms with Crippen LogP contribution in [0.3, 0.4) is 0 Å². The number of hydrogen-bond acceptors (Lipinski definition) is 3. The molecule has 0 saturated heterocycles. The molecular formula is C4H9O3P. The summed E-state index contributed by atoms with van der Waals surface area (Å²) in [4.78, 5) is 0. The Balaban J connectivity index is 2.97. The molecule has 0 radical (unpaired) electrons. The highest BCUT2D eigenvalue weighted by Crippen LogP contribution is 1.95. The highest BCUT2D eigenvalue weighted by atomic mass is 31.1. The van der Waals surface area contributed by atoms with Crippen molar-refractivity contribution in [1.82, 2.24) is 0 Å². The molecule has 0 fully saturated rings. The number of aliphatic hydroxyl groups excluding tert-OH is 1. The molecule has 1 atom stereocenters. The monoisotopic (exact) mass is 136 g/mol. The van der Waals surface area contributed by atoms with Crippen molar-refractivity contribution in [1.29, 1.82) is 0 Å². The van der Waals surface area contributed by atoms with Gasteiger partial charge in [0, 0.05) is 0 Å². The first kappa shape index (κ1) is 8.02. The summed E-state index contributed by atoms with van der Waals surface area (Å²) in [5.74, 6) is 0. The topological polar surface area (TPSA) is 46.5 Å². The minimum absolute atomic E-state index is 0.0183. The van der Waals surface area contributed by atoms with E-state index in [0.29, 0.717) is 0 Å². The van der Waals surface area contributed by atoms with Gasteiger partial charge in [-0.05, 0) is 6.92 Å². The second kappa shape index (κ2) is 5.16. The molecule has 0 bridgehead atoms. The zero-order valence-electron chi connectivity index (χ0n) is 4.70.